The van der Waals surface area contributed by atoms with Crippen LogP contribution in [0.5, 0.6) is 0 Å². The lowest BCUT2D eigenvalue weighted by atomic mass is 10.2. The van der Waals surface area contributed by atoms with Crippen molar-refractivity contribution in [1.29, 1.82) is 0 Å². The number of H-pyrrole nitrogens is 1. The van der Waals surface area contributed by atoms with Gasteiger partial charge in [-0.25, -0.2) is 4.98 Å². The fourth-order valence-corrected chi connectivity index (χ4v) is 2.91. The molecule has 0 radical (unpaired) electrons. The molecule has 0 bridgehead atoms. The molecule has 6 nitrogen and oxygen atoms in total. The number of nitrogens with zero attached hydrogens (tertiary/aromatic N) is 1. The van der Waals surface area contributed by atoms with E-state index in [9.17, 15) is 9.59 Å². The first-order valence-corrected chi connectivity index (χ1v) is 9.40. The average Bonchev–Trinajstić information content (AvgIpc) is 2.58. The van der Waals surface area contributed by atoms with Crippen molar-refractivity contribution < 1.29 is 4.79 Å². The predicted molar refractivity (Wildman–Crippen MR) is 107 cm³/mol. The van der Waals surface area contributed by atoms with Gasteiger partial charge >= 0.3 is 0 Å². The molecular weight excluding hydrogens is 395 g/mol. The fourth-order valence-electron chi connectivity index (χ4n) is 1.90. The fraction of sp³-hybridized carbons (Fsp3) is 0.235. The Kier molecular flexibility index (Phi) is 7.14. The molecule has 1 aromatic heterocycles. The van der Waals surface area contributed by atoms with Crippen molar-refractivity contribution in [1.82, 2.24) is 15.3 Å². The molecule has 0 aliphatic rings. The van der Waals surface area contributed by atoms with Crippen molar-refractivity contribution in [3.8, 4) is 0 Å². The third kappa shape index (κ3) is 5.52. The number of hydrogen-bond acceptors (Lipinski definition) is 5. The van der Waals surface area contributed by atoms with Crippen LogP contribution < -0.4 is 16.6 Å². The van der Waals surface area contributed by atoms with E-state index < -0.39 is 11.5 Å². The van der Waals surface area contributed by atoms with Crippen LogP contribution in [-0.4, -0.2) is 21.1 Å². The second-order valence-corrected chi connectivity index (χ2v) is 7.95. The largest absolute Gasteiger partial charge is 0.395 e. The zero-order valence-corrected chi connectivity index (χ0v) is 16.5. The maximum atomic E-state index is 12.2. The Morgan fingerprint density at radius 3 is 2.77 bits per heavy atom. The lowest BCUT2D eigenvalue weighted by Gasteiger charge is -2.08. The number of thioether (sulfide) groups is 1. The number of aromatic nitrogens is 2. The Morgan fingerprint density at radius 1 is 1.42 bits per heavy atom. The monoisotopic (exact) mass is 412 g/mol. The van der Waals surface area contributed by atoms with Gasteiger partial charge in [0.05, 0.1) is 5.70 Å². The maximum absolute atomic E-state index is 12.2. The molecule has 1 amide bonds. The molecule has 4 N–H and O–H groups in total. The molecule has 0 fully saturated rings. The first kappa shape index (κ1) is 20.4. The standard InChI is InChI=1S/C17H18Cl2N4O2S/c1-9(2)26-8-14(20)15-21-7-12(17(25)23-15)16(24)22-6-10-3-4-11(18)5-13(10)19/h3-5,7-9H,6,20H2,1-2H3,(H,22,24)(H,21,23,25)/b14-8-. The minimum Gasteiger partial charge on any atom is -0.395 e. The van der Waals surface area contributed by atoms with Crippen molar-refractivity contribution in [3.63, 3.8) is 0 Å². The number of rotatable bonds is 6. The number of benzene rings is 1. The number of nitrogens with one attached hydrogen (secondary N) is 2. The van der Waals surface area contributed by atoms with Crippen LogP contribution in [0.15, 0.2) is 34.6 Å². The first-order chi connectivity index (χ1) is 12.3. The Labute approximate surface area is 165 Å². The van der Waals surface area contributed by atoms with Crippen LogP contribution in [0.3, 0.4) is 0 Å². The van der Waals surface area contributed by atoms with Gasteiger partial charge < -0.3 is 16.0 Å². The number of amides is 1. The molecule has 0 spiro atoms. The normalized spacial score (nSPS) is 11.7. The van der Waals surface area contributed by atoms with Gasteiger partial charge in [-0.3, -0.25) is 9.59 Å². The van der Waals surface area contributed by atoms with Gasteiger partial charge in [0, 0.05) is 28.0 Å². The predicted octanol–water partition coefficient (Wildman–Crippen LogP) is 3.41. The molecule has 2 rings (SSSR count). The molecule has 1 aromatic carbocycles. The van der Waals surface area contributed by atoms with Crippen LogP contribution in [0.25, 0.3) is 5.70 Å². The number of nitrogens with two attached hydrogens (primary N) is 1. The molecule has 0 unspecified atom stereocenters. The Hall–Kier alpha value is -1.96. The minimum absolute atomic E-state index is 0.108. The highest BCUT2D eigenvalue weighted by atomic mass is 35.5. The number of carbonyl (C=O) groups excluding carboxylic acids is 1. The minimum atomic E-state index is -0.569. The molecule has 0 aliphatic heterocycles. The van der Waals surface area contributed by atoms with Crippen molar-refractivity contribution in [2.24, 2.45) is 5.73 Å². The summed E-state index contributed by atoms with van der Waals surface area (Å²) in [5.41, 5.74) is 6.22. The average molecular weight is 413 g/mol. The highest BCUT2D eigenvalue weighted by Crippen LogP contribution is 2.20. The van der Waals surface area contributed by atoms with Crippen molar-refractivity contribution in [2.75, 3.05) is 0 Å². The molecule has 138 valence electrons. The van der Waals surface area contributed by atoms with Crippen LogP contribution in [0.1, 0.15) is 35.6 Å². The van der Waals surface area contributed by atoms with E-state index in [0.29, 0.717) is 26.6 Å². The topological polar surface area (TPSA) is 101 Å². The smallest absolute Gasteiger partial charge is 0.264 e. The van der Waals surface area contributed by atoms with Gasteiger partial charge in [-0.1, -0.05) is 43.1 Å². The molecule has 0 aliphatic carbocycles. The van der Waals surface area contributed by atoms with E-state index in [-0.39, 0.29) is 17.9 Å². The zero-order valence-electron chi connectivity index (χ0n) is 14.2. The molecule has 0 saturated carbocycles. The second kappa shape index (κ2) is 9.12. The van der Waals surface area contributed by atoms with Gasteiger partial charge in [0.15, 0.2) is 5.82 Å². The summed E-state index contributed by atoms with van der Waals surface area (Å²) in [5.74, 6) is -0.337. The van der Waals surface area contributed by atoms with Gasteiger partial charge in [-0.15, -0.1) is 11.8 Å². The van der Waals surface area contributed by atoms with Crippen LogP contribution >= 0.6 is 35.0 Å². The van der Waals surface area contributed by atoms with E-state index in [0.717, 1.165) is 0 Å². The summed E-state index contributed by atoms with van der Waals surface area (Å²) in [4.78, 5) is 31.0. The highest BCUT2D eigenvalue weighted by Gasteiger charge is 2.13. The number of carbonyl (C=O) groups is 1. The quantitative estimate of drug-likeness (QED) is 0.674. The lowest BCUT2D eigenvalue weighted by Crippen LogP contribution is -2.30. The van der Waals surface area contributed by atoms with Crippen LogP contribution in [0, 0.1) is 0 Å². The van der Waals surface area contributed by atoms with Crippen molar-refractivity contribution in [3.05, 3.63) is 67.2 Å². The van der Waals surface area contributed by atoms with Gasteiger partial charge in [-0.05, 0) is 23.1 Å². The van der Waals surface area contributed by atoms with E-state index >= 15 is 0 Å². The Balaban J connectivity index is 2.10. The third-order valence-corrected chi connectivity index (χ3v) is 4.76. The molecule has 2 aromatic rings. The second-order valence-electron chi connectivity index (χ2n) is 5.65. The van der Waals surface area contributed by atoms with Gasteiger partial charge in [0.25, 0.3) is 11.5 Å². The summed E-state index contributed by atoms with van der Waals surface area (Å²) in [7, 11) is 0. The van der Waals surface area contributed by atoms with Crippen molar-refractivity contribution in [2.45, 2.75) is 25.6 Å². The van der Waals surface area contributed by atoms with Crippen LogP contribution in [0.4, 0.5) is 0 Å². The van der Waals surface area contributed by atoms with Gasteiger partial charge in [0.1, 0.15) is 5.56 Å². The SMILES string of the molecule is CC(C)S/C=C(\N)c1ncc(C(=O)NCc2ccc(Cl)cc2Cl)c(=O)[nH]1. The van der Waals surface area contributed by atoms with Gasteiger partial charge in [0.2, 0.25) is 0 Å². The lowest BCUT2D eigenvalue weighted by molar-refractivity contribution is 0.0949. The number of hydrogen-bond donors (Lipinski definition) is 3. The van der Waals surface area contributed by atoms with E-state index in [1.165, 1.54) is 18.0 Å². The number of halogens is 2. The number of aromatic amines is 1. The summed E-state index contributed by atoms with van der Waals surface area (Å²) in [6, 6.07) is 4.95. The van der Waals surface area contributed by atoms with Gasteiger partial charge in [-0.2, -0.15) is 0 Å². The van der Waals surface area contributed by atoms with E-state index in [1.54, 1.807) is 23.6 Å². The van der Waals surface area contributed by atoms with E-state index in [1.807, 2.05) is 13.8 Å². The van der Waals surface area contributed by atoms with Crippen LogP contribution in [-0.2, 0) is 6.54 Å². The molecule has 9 heteroatoms. The molecule has 1 heterocycles. The zero-order chi connectivity index (χ0) is 19.3. The Morgan fingerprint density at radius 2 is 2.15 bits per heavy atom. The van der Waals surface area contributed by atoms with E-state index in [4.69, 9.17) is 28.9 Å². The van der Waals surface area contributed by atoms with E-state index in [2.05, 4.69) is 15.3 Å². The molecule has 0 atom stereocenters. The molecule has 0 saturated heterocycles. The highest BCUT2D eigenvalue weighted by molar-refractivity contribution is 8.02. The summed E-state index contributed by atoms with van der Waals surface area (Å²) < 4.78 is 0. The summed E-state index contributed by atoms with van der Waals surface area (Å²) in [6.45, 7) is 4.19. The van der Waals surface area contributed by atoms with Crippen molar-refractivity contribution >= 4 is 46.6 Å². The van der Waals surface area contributed by atoms with Crippen LogP contribution in [0.2, 0.25) is 10.0 Å². The Bertz CT molecular complexity index is 897. The third-order valence-electron chi connectivity index (χ3n) is 3.24. The molecule has 26 heavy (non-hydrogen) atoms. The molecular formula is C17H18Cl2N4O2S. The summed E-state index contributed by atoms with van der Waals surface area (Å²) in [5, 5.41) is 5.63. The summed E-state index contributed by atoms with van der Waals surface area (Å²) >= 11 is 13.4. The summed E-state index contributed by atoms with van der Waals surface area (Å²) in [6.07, 6.45) is 1.20. The first-order valence-electron chi connectivity index (χ1n) is 7.71. The maximum Gasteiger partial charge on any atom is 0.264 e.